The van der Waals surface area contributed by atoms with Crippen molar-refractivity contribution in [2.45, 2.75) is 19.0 Å². The fraction of sp³-hybridized carbons (Fsp3) is 0.167. The lowest BCUT2D eigenvalue weighted by Crippen LogP contribution is -2.37. The number of benzene rings is 2. The average Bonchev–Trinajstić information content (AvgIpc) is 3.04. The zero-order valence-corrected chi connectivity index (χ0v) is 17.5. The number of carbonyl (C=O) groups is 3. The molecule has 0 saturated carbocycles. The molecule has 1 N–H and O–H groups in total. The number of carbonyl (C=O) groups excluding carboxylic acids is 3. The fourth-order valence-corrected chi connectivity index (χ4v) is 3.58. The first-order chi connectivity index (χ1) is 15.6. The predicted molar refractivity (Wildman–Crippen MR) is 119 cm³/mol. The molecule has 8 heteroatoms. The van der Waals surface area contributed by atoms with Gasteiger partial charge < -0.3 is 15.0 Å². The van der Waals surface area contributed by atoms with Crippen LogP contribution in [0.25, 0.3) is 0 Å². The second kappa shape index (κ2) is 9.30. The van der Waals surface area contributed by atoms with Crippen LogP contribution in [0.15, 0.2) is 79.1 Å². The Bertz CT molecular complexity index is 1100. The highest BCUT2D eigenvalue weighted by atomic mass is 16.5. The summed E-state index contributed by atoms with van der Waals surface area (Å²) in [6, 6.07) is 17.8. The van der Waals surface area contributed by atoms with Crippen LogP contribution in [0, 0.1) is 0 Å². The molecule has 8 nitrogen and oxygen atoms in total. The van der Waals surface area contributed by atoms with Crippen LogP contribution in [0.1, 0.15) is 12.0 Å². The molecule has 4 rings (SSSR count). The number of rotatable bonds is 7. The summed E-state index contributed by atoms with van der Waals surface area (Å²) in [6.45, 7) is 0.169. The third kappa shape index (κ3) is 4.44. The van der Waals surface area contributed by atoms with Gasteiger partial charge in [-0.1, -0.05) is 24.3 Å². The molecule has 2 heterocycles. The summed E-state index contributed by atoms with van der Waals surface area (Å²) in [5, 5.41) is 2.78. The predicted octanol–water partition coefficient (Wildman–Crippen LogP) is 3.46. The molecule has 0 unspecified atom stereocenters. The number of anilines is 2. The summed E-state index contributed by atoms with van der Waals surface area (Å²) in [6.07, 6.45) is 3.11. The molecule has 32 heavy (non-hydrogen) atoms. The van der Waals surface area contributed by atoms with Crippen LogP contribution in [-0.2, 0) is 16.1 Å². The lowest BCUT2D eigenvalue weighted by atomic mass is 10.1. The lowest BCUT2D eigenvalue weighted by molar-refractivity contribution is -0.124. The van der Waals surface area contributed by atoms with E-state index in [0.717, 1.165) is 10.5 Å². The molecule has 1 aliphatic heterocycles. The van der Waals surface area contributed by atoms with E-state index in [1.54, 1.807) is 74.1 Å². The number of nitrogens with one attached hydrogen (secondary N) is 1. The Balaban J connectivity index is 1.56. The van der Waals surface area contributed by atoms with E-state index in [1.165, 1.54) is 4.90 Å². The Hall–Kier alpha value is -4.20. The standard InChI is InChI=1S/C24H22N4O4/c1-32-20-11-9-18(10-12-20)26-22(29)14-21-23(30)28(19-7-3-2-4-8-19)24(31)27(21)16-17-6-5-13-25-15-17/h2-13,15,21H,14,16H2,1H3,(H,26,29)/t21-/m0/s1. The molecule has 1 aromatic heterocycles. The van der Waals surface area contributed by atoms with Crippen molar-refractivity contribution in [2.75, 3.05) is 17.3 Å². The van der Waals surface area contributed by atoms with Gasteiger partial charge in [0.05, 0.1) is 19.2 Å². The number of nitrogens with zero attached hydrogens (tertiary/aromatic N) is 3. The van der Waals surface area contributed by atoms with E-state index in [4.69, 9.17) is 4.74 Å². The maximum absolute atomic E-state index is 13.2. The smallest absolute Gasteiger partial charge is 0.332 e. The molecule has 2 aromatic carbocycles. The summed E-state index contributed by atoms with van der Waals surface area (Å²) in [4.78, 5) is 45.8. The largest absolute Gasteiger partial charge is 0.497 e. The summed E-state index contributed by atoms with van der Waals surface area (Å²) in [5.41, 5.74) is 1.81. The van der Waals surface area contributed by atoms with Gasteiger partial charge in [0.25, 0.3) is 5.91 Å². The van der Waals surface area contributed by atoms with E-state index in [0.29, 0.717) is 17.1 Å². The highest BCUT2D eigenvalue weighted by Crippen LogP contribution is 2.28. The molecule has 4 amide bonds. The van der Waals surface area contributed by atoms with Crippen molar-refractivity contribution >= 4 is 29.2 Å². The van der Waals surface area contributed by atoms with E-state index in [2.05, 4.69) is 10.3 Å². The normalized spacial score (nSPS) is 15.7. The molecule has 3 aromatic rings. The first kappa shape index (κ1) is 21.0. The Morgan fingerprint density at radius 1 is 1.03 bits per heavy atom. The molecule has 1 fully saturated rings. The van der Waals surface area contributed by atoms with Crippen molar-refractivity contribution in [3.05, 3.63) is 84.7 Å². The molecule has 0 bridgehead atoms. The van der Waals surface area contributed by atoms with Gasteiger partial charge >= 0.3 is 6.03 Å². The first-order valence-corrected chi connectivity index (χ1v) is 10.1. The van der Waals surface area contributed by atoms with Gasteiger partial charge in [0.2, 0.25) is 5.91 Å². The van der Waals surface area contributed by atoms with E-state index in [9.17, 15) is 14.4 Å². The van der Waals surface area contributed by atoms with Crippen LogP contribution >= 0.6 is 0 Å². The third-order valence-corrected chi connectivity index (χ3v) is 5.16. The maximum atomic E-state index is 13.2. The van der Waals surface area contributed by atoms with Gasteiger partial charge in [0, 0.05) is 24.6 Å². The fourth-order valence-electron chi connectivity index (χ4n) is 3.58. The SMILES string of the molecule is COc1ccc(NC(=O)C[C@H]2C(=O)N(c3ccccc3)C(=O)N2Cc2cccnc2)cc1. The van der Waals surface area contributed by atoms with Crippen LogP contribution in [-0.4, -0.2) is 40.9 Å². The van der Waals surface area contributed by atoms with Crippen molar-refractivity contribution in [3.63, 3.8) is 0 Å². The minimum absolute atomic E-state index is 0.166. The van der Waals surface area contributed by atoms with E-state index >= 15 is 0 Å². The molecule has 0 aliphatic carbocycles. The highest BCUT2D eigenvalue weighted by Gasteiger charge is 2.46. The van der Waals surface area contributed by atoms with Crippen molar-refractivity contribution < 1.29 is 19.1 Å². The number of urea groups is 1. The topological polar surface area (TPSA) is 91.8 Å². The number of pyridine rings is 1. The number of para-hydroxylation sites is 1. The summed E-state index contributed by atoms with van der Waals surface area (Å²) < 4.78 is 5.12. The van der Waals surface area contributed by atoms with Gasteiger partial charge in [0.15, 0.2) is 0 Å². The van der Waals surface area contributed by atoms with Gasteiger partial charge in [0.1, 0.15) is 11.8 Å². The second-order valence-corrected chi connectivity index (χ2v) is 7.28. The molecule has 0 radical (unpaired) electrons. The number of ether oxygens (including phenoxy) is 1. The number of amides is 4. The molecule has 1 atom stereocenters. The molecule has 1 aliphatic rings. The summed E-state index contributed by atoms with van der Waals surface area (Å²) in [5.74, 6) is -0.136. The van der Waals surface area contributed by atoms with Crippen molar-refractivity contribution in [3.8, 4) is 5.75 Å². The Kier molecular flexibility index (Phi) is 6.12. The number of methoxy groups -OCH3 is 1. The van der Waals surface area contributed by atoms with Crippen molar-refractivity contribution in [1.82, 2.24) is 9.88 Å². The van der Waals surface area contributed by atoms with Crippen LogP contribution in [0.2, 0.25) is 0 Å². The number of aromatic nitrogens is 1. The monoisotopic (exact) mass is 430 g/mol. The highest BCUT2D eigenvalue weighted by molar-refractivity contribution is 6.22. The number of imide groups is 1. The first-order valence-electron chi connectivity index (χ1n) is 10.1. The minimum atomic E-state index is -0.929. The van der Waals surface area contributed by atoms with E-state index in [-0.39, 0.29) is 18.9 Å². The Morgan fingerprint density at radius 3 is 2.44 bits per heavy atom. The number of hydrogen-bond acceptors (Lipinski definition) is 5. The van der Waals surface area contributed by atoms with Crippen LogP contribution in [0.5, 0.6) is 5.75 Å². The van der Waals surface area contributed by atoms with Crippen LogP contribution in [0.3, 0.4) is 0 Å². The minimum Gasteiger partial charge on any atom is -0.497 e. The Morgan fingerprint density at radius 2 is 1.78 bits per heavy atom. The summed E-state index contributed by atoms with van der Waals surface area (Å²) in [7, 11) is 1.56. The quantitative estimate of drug-likeness (QED) is 0.580. The zero-order valence-electron chi connectivity index (χ0n) is 17.5. The van der Waals surface area contributed by atoms with Gasteiger partial charge in [-0.25, -0.2) is 9.69 Å². The van der Waals surface area contributed by atoms with Crippen molar-refractivity contribution in [2.24, 2.45) is 0 Å². The molecular weight excluding hydrogens is 408 g/mol. The van der Waals surface area contributed by atoms with Gasteiger partial charge in [-0.2, -0.15) is 0 Å². The Labute approximate surface area is 185 Å². The molecule has 0 spiro atoms. The van der Waals surface area contributed by atoms with Crippen molar-refractivity contribution in [1.29, 1.82) is 0 Å². The molecule has 162 valence electrons. The summed E-state index contributed by atoms with van der Waals surface area (Å²) >= 11 is 0. The third-order valence-electron chi connectivity index (χ3n) is 5.16. The van der Waals surface area contributed by atoms with Gasteiger partial charge in [-0.15, -0.1) is 0 Å². The molecule has 1 saturated heterocycles. The zero-order chi connectivity index (χ0) is 22.5. The van der Waals surface area contributed by atoms with Gasteiger partial charge in [-0.05, 0) is 48.0 Å². The van der Waals surface area contributed by atoms with E-state index in [1.807, 2.05) is 12.1 Å². The number of hydrogen-bond donors (Lipinski definition) is 1. The van der Waals surface area contributed by atoms with Gasteiger partial charge in [-0.3, -0.25) is 14.6 Å². The average molecular weight is 430 g/mol. The van der Waals surface area contributed by atoms with E-state index < -0.39 is 18.0 Å². The molecular formula is C24H22N4O4. The lowest BCUT2D eigenvalue weighted by Gasteiger charge is -2.21. The van der Waals surface area contributed by atoms with Crippen LogP contribution < -0.4 is 15.0 Å². The van der Waals surface area contributed by atoms with Crippen LogP contribution in [0.4, 0.5) is 16.2 Å². The second-order valence-electron chi connectivity index (χ2n) is 7.28. The maximum Gasteiger partial charge on any atom is 0.332 e.